The number of carbonyl (C=O) groups is 2. The molecule has 6 aromatic carbocycles. The second-order valence-electron chi connectivity index (χ2n) is 12.4. The average molecular weight is 771 g/mol. The summed E-state index contributed by atoms with van der Waals surface area (Å²) in [5.74, 6) is 10.6. The van der Waals surface area contributed by atoms with Gasteiger partial charge in [0.15, 0.2) is 0 Å². The smallest absolute Gasteiger partial charge is 0.345 e. The third-order valence-electron chi connectivity index (χ3n) is 8.91. The lowest BCUT2D eigenvalue weighted by atomic mass is 10.1. The minimum atomic E-state index is -1.51. The molecule has 0 heterocycles. The molecule has 0 bridgehead atoms. The largest absolute Gasteiger partial charge is 0.497 e. The molecule has 0 unspecified atom stereocenters. The fourth-order valence-corrected chi connectivity index (χ4v) is 5.92. The summed E-state index contributed by atoms with van der Waals surface area (Å²) in [7, 11) is 6.43. The van der Waals surface area contributed by atoms with Gasteiger partial charge in [-0.2, -0.15) is 0 Å². The topological polar surface area (TPSA) is 118 Å². The molecule has 288 valence electrons. The molecule has 2 N–H and O–H groups in total. The van der Waals surface area contributed by atoms with Gasteiger partial charge in [-0.1, -0.05) is 23.7 Å². The molecule has 0 fully saturated rings. The third-order valence-corrected chi connectivity index (χ3v) is 8.91. The zero-order valence-electron chi connectivity index (χ0n) is 32.1. The summed E-state index contributed by atoms with van der Waals surface area (Å²) in [6, 6.07) is 44.7. The van der Waals surface area contributed by atoms with E-state index < -0.39 is 23.1 Å². The molecule has 0 aliphatic heterocycles. The lowest BCUT2D eigenvalue weighted by Gasteiger charge is -2.25. The Hall–Kier alpha value is -8.08. The number of carboxylic acid groups (broad SMARTS) is 2. The van der Waals surface area contributed by atoms with E-state index in [0.29, 0.717) is 34.1 Å². The predicted octanol–water partition coefficient (Wildman–Crippen LogP) is 9.53. The van der Waals surface area contributed by atoms with Gasteiger partial charge in [-0.15, -0.1) is 0 Å². The second-order valence-corrected chi connectivity index (χ2v) is 12.4. The molecule has 0 saturated carbocycles. The van der Waals surface area contributed by atoms with Crippen LogP contribution in [0.4, 0.5) is 34.1 Å². The Kier molecular flexibility index (Phi) is 12.6. The van der Waals surface area contributed by atoms with Crippen LogP contribution in [0.5, 0.6) is 23.0 Å². The van der Waals surface area contributed by atoms with Crippen LogP contribution in [0.15, 0.2) is 157 Å². The summed E-state index contributed by atoms with van der Waals surface area (Å²) in [6.07, 6.45) is 0. The molecule has 0 saturated heterocycles. The Labute approximate surface area is 336 Å². The monoisotopic (exact) mass is 770 g/mol. The fourth-order valence-electron chi connectivity index (χ4n) is 5.92. The molecule has 0 aliphatic rings. The molecule has 6 rings (SSSR count). The molecule has 0 aliphatic carbocycles. The van der Waals surface area contributed by atoms with Crippen molar-refractivity contribution in [3.8, 4) is 46.7 Å². The van der Waals surface area contributed by atoms with Crippen LogP contribution in [0.1, 0.15) is 11.1 Å². The van der Waals surface area contributed by atoms with Crippen LogP contribution in [0.3, 0.4) is 0 Å². The number of anilines is 6. The maximum Gasteiger partial charge on any atom is 0.345 e. The van der Waals surface area contributed by atoms with E-state index >= 15 is 0 Å². The molecule has 0 spiro atoms. The van der Waals surface area contributed by atoms with Gasteiger partial charge in [0.25, 0.3) is 0 Å². The van der Waals surface area contributed by atoms with E-state index in [1.165, 1.54) is 0 Å². The predicted molar refractivity (Wildman–Crippen MR) is 225 cm³/mol. The zero-order chi connectivity index (χ0) is 41.0. The average Bonchev–Trinajstić information content (AvgIpc) is 3.26. The first-order chi connectivity index (χ1) is 28.2. The second kappa shape index (κ2) is 18.5. The Morgan fingerprint density at radius 1 is 0.379 bits per heavy atom. The standard InChI is InChI=1S/C48H38N2O8/c1-55-41-23-15-37(16-24-41)49(38-17-25-42(56-2)26-18-38)35-11-5-33(6-12-35)9-31-45(47(51)52)46(48(53)54)32-10-34-7-13-36(14-8-34)50(39-19-27-43(57-3)28-20-39)40-21-29-44(58-4)30-22-40/h5-8,11-30H,1-4H3,(H,51,52)(H,53,54)/b46-45-. The normalized spacial score (nSPS) is 10.7. The number of carboxylic acids is 2. The van der Waals surface area contributed by atoms with Gasteiger partial charge < -0.3 is 39.0 Å². The highest BCUT2D eigenvalue weighted by Gasteiger charge is 2.18. The van der Waals surface area contributed by atoms with Gasteiger partial charge in [-0.3, -0.25) is 0 Å². The summed E-state index contributed by atoms with van der Waals surface area (Å²) in [5.41, 5.74) is 4.74. The maximum atomic E-state index is 12.4. The summed E-state index contributed by atoms with van der Waals surface area (Å²) in [4.78, 5) is 28.8. The number of hydrogen-bond donors (Lipinski definition) is 2. The number of aliphatic carboxylic acids is 2. The molecule has 0 amide bonds. The molecule has 10 nitrogen and oxygen atoms in total. The quantitative estimate of drug-likeness (QED) is 0.0921. The minimum absolute atomic E-state index is 0.471. The number of ether oxygens (including phenoxy) is 4. The Morgan fingerprint density at radius 3 is 0.776 bits per heavy atom. The van der Waals surface area contributed by atoms with E-state index in [1.807, 2.05) is 131 Å². The van der Waals surface area contributed by atoms with Gasteiger partial charge in [0.05, 0.1) is 28.4 Å². The van der Waals surface area contributed by atoms with Crippen molar-refractivity contribution in [3.63, 3.8) is 0 Å². The summed E-state index contributed by atoms with van der Waals surface area (Å²) in [5, 5.41) is 20.1. The SMILES string of the molecule is COc1ccc(N(c2ccc(C#C/C(C(=O)O)=C(\C#Cc3ccc(N(c4ccc(OC)cc4)c4ccc(OC)cc4)cc3)C(=O)O)cc2)c2ccc(OC)cc2)cc1. The van der Waals surface area contributed by atoms with Crippen LogP contribution < -0.4 is 28.7 Å². The summed E-state index contributed by atoms with van der Waals surface area (Å²) >= 11 is 0. The zero-order valence-corrected chi connectivity index (χ0v) is 32.1. The minimum Gasteiger partial charge on any atom is -0.497 e. The lowest BCUT2D eigenvalue weighted by Crippen LogP contribution is -2.10. The van der Waals surface area contributed by atoms with Crippen molar-refractivity contribution < 1.29 is 38.7 Å². The van der Waals surface area contributed by atoms with Crippen LogP contribution in [0.25, 0.3) is 0 Å². The fraction of sp³-hybridized carbons (Fsp3) is 0.0833. The van der Waals surface area contributed by atoms with Crippen LogP contribution in [0, 0.1) is 23.7 Å². The van der Waals surface area contributed by atoms with Crippen molar-refractivity contribution in [2.24, 2.45) is 0 Å². The Balaban J connectivity index is 1.28. The lowest BCUT2D eigenvalue weighted by molar-refractivity contribution is -0.135. The van der Waals surface area contributed by atoms with E-state index in [9.17, 15) is 19.8 Å². The molecule has 0 radical (unpaired) electrons. The molecule has 0 aromatic heterocycles. The highest BCUT2D eigenvalue weighted by Crippen LogP contribution is 2.37. The van der Waals surface area contributed by atoms with Gasteiger partial charge in [0.1, 0.15) is 34.1 Å². The van der Waals surface area contributed by atoms with Gasteiger partial charge in [-0.05, 0) is 146 Å². The number of nitrogens with zero attached hydrogens (tertiary/aromatic N) is 2. The van der Waals surface area contributed by atoms with E-state index in [2.05, 4.69) is 23.7 Å². The first kappa shape index (κ1) is 39.6. The maximum absolute atomic E-state index is 12.4. The van der Waals surface area contributed by atoms with Gasteiger partial charge in [0, 0.05) is 45.3 Å². The molecule has 6 aromatic rings. The van der Waals surface area contributed by atoms with Crippen LogP contribution in [-0.4, -0.2) is 50.6 Å². The first-order valence-electron chi connectivity index (χ1n) is 17.8. The van der Waals surface area contributed by atoms with Crippen LogP contribution in [0.2, 0.25) is 0 Å². The Morgan fingerprint density at radius 2 is 0.586 bits per heavy atom. The van der Waals surface area contributed by atoms with Crippen LogP contribution >= 0.6 is 0 Å². The van der Waals surface area contributed by atoms with Crippen LogP contribution in [-0.2, 0) is 9.59 Å². The Bertz CT molecular complexity index is 2250. The van der Waals surface area contributed by atoms with E-state index in [1.54, 1.807) is 52.7 Å². The van der Waals surface area contributed by atoms with Gasteiger partial charge in [0.2, 0.25) is 0 Å². The number of methoxy groups -OCH3 is 4. The molecule has 0 atom stereocenters. The number of rotatable bonds is 12. The number of hydrogen-bond acceptors (Lipinski definition) is 8. The molecular weight excluding hydrogens is 733 g/mol. The van der Waals surface area contributed by atoms with Crippen molar-refractivity contribution in [1.29, 1.82) is 0 Å². The highest BCUT2D eigenvalue weighted by atomic mass is 16.5. The number of benzene rings is 6. The molecule has 10 heteroatoms. The van der Waals surface area contributed by atoms with E-state index in [4.69, 9.17) is 18.9 Å². The van der Waals surface area contributed by atoms with Crippen molar-refractivity contribution in [2.75, 3.05) is 38.2 Å². The van der Waals surface area contributed by atoms with Gasteiger partial charge >= 0.3 is 11.9 Å². The van der Waals surface area contributed by atoms with Gasteiger partial charge in [-0.25, -0.2) is 9.59 Å². The van der Waals surface area contributed by atoms with Crippen molar-refractivity contribution >= 4 is 46.1 Å². The highest BCUT2D eigenvalue weighted by molar-refractivity contribution is 6.05. The van der Waals surface area contributed by atoms with Crippen molar-refractivity contribution in [2.45, 2.75) is 0 Å². The summed E-state index contributed by atoms with van der Waals surface area (Å²) in [6.45, 7) is 0. The van der Waals surface area contributed by atoms with E-state index in [0.717, 1.165) is 34.1 Å². The summed E-state index contributed by atoms with van der Waals surface area (Å²) < 4.78 is 21.4. The molecular formula is C48H38N2O8. The molecule has 58 heavy (non-hydrogen) atoms. The first-order valence-corrected chi connectivity index (χ1v) is 17.8. The third kappa shape index (κ3) is 9.40. The van der Waals surface area contributed by atoms with E-state index in [-0.39, 0.29) is 0 Å². The van der Waals surface area contributed by atoms with Crippen molar-refractivity contribution in [1.82, 2.24) is 0 Å². The van der Waals surface area contributed by atoms with Crippen molar-refractivity contribution in [3.05, 3.63) is 168 Å².